The monoisotopic (exact) mass is 197 g/mol. The Morgan fingerprint density at radius 1 is 1.07 bits per heavy atom. The van der Waals surface area contributed by atoms with Gasteiger partial charge in [0.05, 0.1) is 5.60 Å². The number of aliphatic hydroxyl groups is 1. The SMILES string of the molecule is C[C@@]1(O)CCCC[C@H]1N1CCCCC1. The van der Waals surface area contributed by atoms with Crippen LogP contribution in [0.15, 0.2) is 0 Å². The Morgan fingerprint density at radius 3 is 2.43 bits per heavy atom. The van der Waals surface area contributed by atoms with E-state index in [0.717, 1.165) is 6.42 Å². The molecule has 1 saturated carbocycles. The number of hydrogen-bond acceptors (Lipinski definition) is 2. The first kappa shape index (κ1) is 10.4. The van der Waals surface area contributed by atoms with Gasteiger partial charge in [0, 0.05) is 6.04 Å². The van der Waals surface area contributed by atoms with Crippen LogP contribution in [0, 0.1) is 0 Å². The number of rotatable bonds is 1. The van der Waals surface area contributed by atoms with Crippen molar-refractivity contribution in [2.45, 2.75) is 63.5 Å². The molecule has 0 radical (unpaired) electrons. The van der Waals surface area contributed by atoms with Gasteiger partial charge in [-0.3, -0.25) is 4.90 Å². The Balaban J connectivity index is 1.99. The van der Waals surface area contributed by atoms with Crippen LogP contribution in [0.25, 0.3) is 0 Å². The summed E-state index contributed by atoms with van der Waals surface area (Å²) >= 11 is 0. The maximum atomic E-state index is 10.3. The van der Waals surface area contributed by atoms with Crippen molar-refractivity contribution < 1.29 is 5.11 Å². The van der Waals surface area contributed by atoms with E-state index in [2.05, 4.69) is 4.90 Å². The van der Waals surface area contributed by atoms with Crippen LogP contribution in [0.2, 0.25) is 0 Å². The molecule has 14 heavy (non-hydrogen) atoms. The Labute approximate surface area is 87.3 Å². The molecule has 0 spiro atoms. The molecule has 1 N–H and O–H groups in total. The van der Waals surface area contributed by atoms with E-state index in [1.807, 2.05) is 6.92 Å². The Bertz CT molecular complexity index is 185. The molecule has 2 aliphatic rings. The van der Waals surface area contributed by atoms with Crippen LogP contribution in [0.5, 0.6) is 0 Å². The lowest BCUT2D eigenvalue weighted by atomic mass is 9.80. The van der Waals surface area contributed by atoms with Gasteiger partial charge in [-0.2, -0.15) is 0 Å². The van der Waals surface area contributed by atoms with Crippen molar-refractivity contribution >= 4 is 0 Å². The predicted molar refractivity (Wildman–Crippen MR) is 58.3 cm³/mol. The Morgan fingerprint density at radius 2 is 1.79 bits per heavy atom. The molecule has 0 unspecified atom stereocenters. The maximum Gasteiger partial charge on any atom is 0.0774 e. The first-order chi connectivity index (χ1) is 6.70. The summed E-state index contributed by atoms with van der Waals surface area (Å²) in [4.78, 5) is 2.53. The summed E-state index contributed by atoms with van der Waals surface area (Å²) in [7, 11) is 0. The van der Waals surface area contributed by atoms with E-state index in [-0.39, 0.29) is 0 Å². The summed E-state index contributed by atoms with van der Waals surface area (Å²) < 4.78 is 0. The second-order valence-corrected chi connectivity index (χ2v) is 5.22. The Kier molecular flexibility index (Phi) is 3.13. The molecule has 2 atom stereocenters. The van der Waals surface area contributed by atoms with E-state index in [1.54, 1.807) is 0 Å². The van der Waals surface area contributed by atoms with Crippen LogP contribution in [0.3, 0.4) is 0 Å². The van der Waals surface area contributed by atoms with Gasteiger partial charge < -0.3 is 5.11 Å². The lowest BCUT2D eigenvalue weighted by molar-refractivity contribution is -0.0650. The molecule has 2 heteroatoms. The third kappa shape index (κ3) is 2.12. The Hall–Kier alpha value is -0.0800. The molecule has 0 bridgehead atoms. The van der Waals surface area contributed by atoms with Crippen LogP contribution in [0.4, 0.5) is 0 Å². The zero-order chi connectivity index (χ0) is 10.0. The largest absolute Gasteiger partial charge is 0.389 e. The lowest BCUT2D eigenvalue weighted by Crippen LogP contribution is -2.54. The minimum atomic E-state index is -0.421. The molecule has 2 nitrogen and oxygen atoms in total. The van der Waals surface area contributed by atoms with Gasteiger partial charge in [0.1, 0.15) is 0 Å². The third-order valence-electron chi connectivity index (χ3n) is 3.96. The first-order valence-electron chi connectivity index (χ1n) is 6.16. The van der Waals surface area contributed by atoms with Crippen LogP contribution >= 0.6 is 0 Å². The van der Waals surface area contributed by atoms with Gasteiger partial charge in [0.25, 0.3) is 0 Å². The highest BCUT2D eigenvalue weighted by molar-refractivity contribution is 4.93. The minimum absolute atomic E-state index is 0.421. The summed E-state index contributed by atoms with van der Waals surface area (Å²) in [6.07, 6.45) is 8.74. The fraction of sp³-hybridized carbons (Fsp3) is 1.00. The van der Waals surface area contributed by atoms with E-state index in [1.165, 1.54) is 51.6 Å². The summed E-state index contributed by atoms with van der Waals surface area (Å²) in [5, 5.41) is 10.3. The molecule has 1 aliphatic heterocycles. The van der Waals surface area contributed by atoms with E-state index >= 15 is 0 Å². The highest BCUT2D eigenvalue weighted by Gasteiger charge is 2.38. The molecule has 2 fully saturated rings. The second kappa shape index (κ2) is 4.19. The third-order valence-corrected chi connectivity index (χ3v) is 3.96. The molecule has 1 aliphatic carbocycles. The molecule has 0 aromatic heterocycles. The van der Waals surface area contributed by atoms with Crippen molar-refractivity contribution in [3.63, 3.8) is 0 Å². The molecule has 82 valence electrons. The lowest BCUT2D eigenvalue weighted by Gasteiger charge is -2.45. The molecule has 1 saturated heterocycles. The molecular weight excluding hydrogens is 174 g/mol. The summed E-state index contributed by atoms with van der Waals surface area (Å²) in [6, 6.07) is 0.441. The van der Waals surface area contributed by atoms with Gasteiger partial charge in [-0.15, -0.1) is 0 Å². The first-order valence-corrected chi connectivity index (χ1v) is 6.16. The number of likely N-dealkylation sites (tertiary alicyclic amines) is 1. The van der Waals surface area contributed by atoms with Gasteiger partial charge in [-0.05, 0) is 45.7 Å². The van der Waals surface area contributed by atoms with Crippen LogP contribution in [-0.2, 0) is 0 Å². The van der Waals surface area contributed by atoms with Crippen molar-refractivity contribution in [2.24, 2.45) is 0 Å². The molecule has 1 heterocycles. The van der Waals surface area contributed by atoms with Gasteiger partial charge in [-0.25, -0.2) is 0 Å². The number of hydrogen-bond donors (Lipinski definition) is 1. The molecule has 0 amide bonds. The fourth-order valence-electron chi connectivity index (χ4n) is 3.10. The average Bonchev–Trinajstić information content (AvgIpc) is 2.18. The van der Waals surface area contributed by atoms with Crippen molar-refractivity contribution in [3.8, 4) is 0 Å². The second-order valence-electron chi connectivity index (χ2n) is 5.22. The summed E-state index contributed by atoms with van der Waals surface area (Å²) in [6.45, 7) is 4.45. The fourth-order valence-corrected chi connectivity index (χ4v) is 3.10. The zero-order valence-corrected chi connectivity index (χ0v) is 9.34. The standard InChI is InChI=1S/C12H23NO/c1-12(14)8-4-3-7-11(12)13-9-5-2-6-10-13/h11,14H,2-10H2,1H3/t11-,12-/m1/s1. The molecule has 0 aromatic carbocycles. The van der Waals surface area contributed by atoms with Gasteiger partial charge in [0.15, 0.2) is 0 Å². The van der Waals surface area contributed by atoms with Crippen molar-refractivity contribution in [3.05, 3.63) is 0 Å². The van der Waals surface area contributed by atoms with E-state index < -0.39 is 5.60 Å². The predicted octanol–water partition coefficient (Wildman–Crippen LogP) is 2.17. The zero-order valence-electron chi connectivity index (χ0n) is 9.34. The van der Waals surface area contributed by atoms with Gasteiger partial charge in [0.2, 0.25) is 0 Å². The quantitative estimate of drug-likeness (QED) is 0.696. The van der Waals surface area contributed by atoms with Gasteiger partial charge >= 0.3 is 0 Å². The molecule has 0 aromatic rings. The average molecular weight is 197 g/mol. The van der Waals surface area contributed by atoms with Crippen LogP contribution < -0.4 is 0 Å². The van der Waals surface area contributed by atoms with Crippen molar-refractivity contribution in [2.75, 3.05) is 13.1 Å². The summed E-state index contributed by atoms with van der Waals surface area (Å²) in [5.74, 6) is 0. The molecular formula is C12H23NO. The normalized spacial score (nSPS) is 41.1. The van der Waals surface area contributed by atoms with Crippen LogP contribution in [-0.4, -0.2) is 34.7 Å². The smallest absolute Gasteiger partial charge is 0.0774 e. The highest BCUT2D eigenvalue weighted by Crippen LogP contribution is 2.33. The van der Waals surface area contributed by atoms with E-state index in [4.69, 9.17) is 0 Å². The van der Waals surface area contributed by atoms with Crippen molar-refractivity contribution in [1.29, 1.82) is 0 Å². The highest BCUT2D eigenvalue weighted by atomic mass is 16.3. The van der Waals surface area contributed by atoms with E-state index in [0.29, 0.717) is 6.04 Å². The minimum Gasteiger partial charge on any atom is -0.389 e. The van der Waals surface area contributed by atoms with Crippen LogP contribution in [0.1, 0.15) is 51.9 Å². The van der Waals surface area contributed by atoms with Crippen molar-refractivity contribution in [1.82, 2.24) is 4.90 Å². The summed E-state index contributed by atoms with van der Waals surface area (Å²) in [5.41, 5.74) is -0.421. The topological polar surface area (TPSA) is 23.5 Å². The van der Waals surface area contributed by atoms with E-state index in [9.17, 15) is 5.11 Å². The number of piperidine rings is 1. The number of nitrogens with zero attached hydrogens (tertiary/aromatic N) is 1. The molecule has 2 rings (SSSR count). The van der Waals surface area contributed by atoms with Gasteiger partial charge in [-0.1, -0.05) is 19.3 Å². The maximum absolute atomic E-state index is 10.3.